The van der Waals surface area contributed by atoms with Crippen LogP contribution >= 0.6 is 0 Å². The minimum absolute atomic E-state index is 0.0364. The van der Waals surface area contributed by atoms with Crippen LogP contribution in [0.1, 0.15) is 42.4 Å². The minimum atomic E-state index is -0.101. The smallest absolute Gasteiger partial charge is 0.227 e. The first-order valence-corrected chi connectivity index (χ1v) is 9.65. The number of aryl methyl sites for hydroxylation is 2. The fourth-order valence-electron chi connectivity index (χ4n) is 3.63. The van der Waals surface area contributed by atoms with Crippen molar-refractivity contribution in [1.82, 2.24) is 0 Å². The van der Waals surface area contributed by atoms with Crippen molar-refractivity contribution < 1.29 is 9.59 Å². The molecule has 1 fully saturated rings. The number of benzene rings is 2. The van der Waals surface area contributed by atoms with Gasteiger partial charge in [0.05, 0.1) is 11.6 Å². The molecule has 0 bridgehead atoms. The second-order valence-corrected chi connectivity index (χ2v) is 7.54. The van der Waals surface area contributed by atoms with E-state index in [0.717, 1.165) is 16.8 Å². The second kappa shape index (κ2) is 8.71. The predicted molar refractivity (Wildman–Crippen MR) is 110 cm³/mol. The maximum atomic E-state index is 12.6. The molecule has 0 saturated heterocycles. The van der Waals surface area contributed by atoms with Crippen LogP contribution in [0.4, 0.5) is 11.4 Å². The Kier molecular flexibility index (Phi) is 6.10. The van der Waals surface area contributed by atoms with Gasteiger partial charge in [0.2, 0.25) is 11.8 Å². The standard InChI is InChI=1S/C23H25N3O2/c1-15-6-7-16(2)21(12-15)26-23(28)19-10-8-18(9-11-19)22(27)25-20-5-3-4-17(13-20)14-24/h3-7,12-13,18-19H,8-11H2,1-2H3,(H,25,27)(H,26,28). The maximum Gasteiger partial charge on any atom is 0.227 e. The van der Waals surface area contributed by atoms with Gasteiger partial charge < -0.3 is 10.6 Å². The summed E-state index contributed by atoms with van der Waals surface area (Å²) in [6.45, 7) is 3.99. The molecule has 1 saturated carbocycles. The molecule has 3 rings (SSSR count). The summed E-state index contributed by atoms with van der Waals surface area (Å²) in [5.41, 5.74) is 4.18. The molecule has 0 spiro atoms. The average Bonchev–Trinajstić information content (AvgIpc) is 2.71. The van der Waals surface area contributed by atoms with E-state index in [1.165, 1.54) is 0 Å². The van der Waals surface area contributed by atoms with Gasteiger partial charge in [-0.2, -0.15) is 5.26 Å². The van der Waals surface area contributed by atoms with E-state index in [-0.39, 0.29) is 23.7 Å². The normalized spacial score (nSPS) is 18.8. The Morgan fingerprint density at radius 1 is 0.929 bits per heavy atom. The summed E-state index contributed by atoms with van der Waals surface area (Å²) >= 11 is 0. The van der Waals surface area contributed by atoms with Crippen molar-refractivity contribution >= 4 is 23.2 Å². The Hall–Kier alpha value is -3.13. The maximum absolute atomic E-state index is 12.6. The molecule has 1 aliphatic carbocycles. The zero-order valence-electron chi connectivity index (χ0n) is 16.3. The number of carbonyl (C=O) groups excluding carboxylic acids is 2. The molecule has 5 nitrogen and oxygen atoms in total. The van der Waals surface area contributed by atoms with Gasteiger partial charge in [0.15, 0.2) is 0 Å². The van der Waals surface area contributed by atoms with Crippen LogP contribution in [-0.2, 0) is 9.59 Å². The Labute approximate surface area is 165 Å². The summed E-state index contributed by atoms with van der Waals surface area (Å²) < 4.78 is 0. The molecule has 2 aromatic rings. The van der Waals surface area contributed by atoms with E-state index in [4.69, 9.17) is 5.26 Å². The molecular weight excluding hydrogens is 350 g/mol. The van der Waals surface area contributed by atoms with Crippen LogP contribution in [0.15, 0.2) is 42.5 Å². The first-order chi connectivity index (χ1) is 13.5. The molecule has 28 heavy (non-hydrogen) atoms. The van der Waals surface area contributed by atoms with Gasteiger partial charge in [0.25, 0.3) is 0 Å². The highest BCUT2D eigenvalue weighted by atomic mass is 16.2. The monoisotopic (exact) mass is 375 g/mol. The van der Waals surface area contributed by atoms with Gasteiger partial charge in [0, 0.05) is 23.2 Å². The Bertz CT molecular complexity index is 922. The number of rotatable bonds is 4. The van der Waals surface area contributed by atoms with E-state index in [1.54, 1.807) is 24.3 Å². The van der Waals surface area contributed by atoms with E-state index < -0.39 is 0 Å². The summed E-state index contributed by atoms with van der Waals surface area (Å²) in [7, 11) is 0. The van der Waals surface area contributed by atoms with Crippen LogP contribution in [0.5, 0.6) is 0 Å². The van der Waals surface area contributed by atoms with Gasteiger partial charge in [0.1, 0.15) is 0 Å². The molecule has 1 aliphatic rings. The third-order valence-corrected chi connectivity index (χ3v) is 5.38. The van der Waals surface area contributed by atoms with E-state index in [1.807, 2.05) is 32.0 Å². The van der Waals surface area contributed by atoms with Crippen molar-refractivity contribution in [2.45, 2.75) is 39.5 Å². The lowest BCUT2D eigenvalue weighted by atomic mass is 9.81. The number of hydrogen-bond acceptors (Lipinski definition) is 3. The van der Waals surface area contributed by atoms with Crippen LogP contribution in [0.2, 0.25) is 0 Å². The van der Waals surface area contributed by atoms with Crippen LogP contribution in [0.25, 0.3) is 0 Å². The molecule has 5 heteroatoms. The zero-order chi connectivity index (χ0) is 20.1. The van der Waals surface area contributed by atoms with E-state index in [2.05, 4.69) is 16.7 Å². The Balaban J connectivity index is 1.53. The minimum Gasteiger partial charge on any atom is -0.326 e. The van der Waals surface area contributed by atoms with Gasteiger partial charge in [-0.15, -0.1) is 0 Å². The van der Waals surface area contributed by atoms with Crippen LogP contribution < -0.4 is 10.6 Å². The Morgan fingerprint density at radius 3 is 2.21 bits per heavy atom. The number of nitrogens with zero attached hydrogens (tertiary/aromatic N) is 1. The van der Waals surface area contributed by atoms with Crippen molar-refractivity contribution in [3.63, 3.8) is 0 Å². The highest BCUT2D eigenvalue weighted by Gasteiger charge is 2.30. The molecular formula is C23H25N3O2. The molecule has 0 aliphatic heterocycles. The van der Waals surface area contributed by atoms with Crippen molar-refractivity contribution in [3.05, 3.63) is 59.2 Å². The predicted octanol–water partition coefficient (Wildman–Crippen LogP) is 4.56. The highest BCUT2D eigenvalue weighted by molar-refractivity contribution is 5.95. The van der Waals surface area contributed by atoms with Gasteiger partial charge in [-0.25, -0.2) is 0 Å². The van der Waals surface area contributed by atoms with E-state index in [0.29, 0.717) is 36.9 Å². The molecule has 0 unspecified atom stereocenters. The van der Waals surface area contributed by atoms with Crippen molar-refractivity contribution in [1.29, 1.82) is 5.26 Å². The van der Waals surface area contributed by atoms with Crippen molar-refractivity contribution in [3.8, 4) is 6.07 Å². The lowest BCUT2D eigenvalue weighted by molar-refractivity contribution is -0.125. The largest absolute Gasteiger partial charge is 0.326 e. The first kappa shape index (κ1) is 19.6. The van der Waals surface area contributed by atoms with Crippen LogP contribution in [-0.4, -0.2) is 11.8 Å². The van der Waals surface area contributed by atoms with Crippen LogP contribution in [0, 0.1) is 37.0 Å². The lowest BCUT2D eigenvalue weighted by Crippen LogP contribution is -2.32. The summed E-state index contributed by atoms with van der Waals surface area (Å²) in [6.07, 6.45) is 2.78. The number of carbonyl (C=O) groups is 2. The van der Waals surface area contributed by atoms with Gasteiger partial charge >= 0.3 is 0 Å². The Morgan fingerprint density at radius 2 is 1.57 bits per heavy atom. The highest BCUT2D eigenvalue weighted by Crippen LogP contribution is 2.31. The average molecular weight is 375 g/mol. The summed E-state index contributed by atoms with van der Waals surface area (Å²) in [5, 5.41) is 14.9. The van der Waals surface area contributed by atoms with E-state index in [9.17, 15) is 9.59 Å². The molecule has 2 amide bonds. The molecule has 2 aromatic carbocycles. The summed E-state index contributed by atoms with van der Waals surface area (Å²) in [4.78, 5) is 25.1. The number of nitrogens with one attached hydrogen (secondary N) is 2. The number of hydrogen-bond donors (Lipinski definition) is 2. The molecule has 0 atom stereocenters. The van der Waals surface area contributed by atoms with Crippen LogP contribution in [0.3, 0.4) is 0 Å². The summed E-state index contributed by atoms with van der Waals surface area (Å²) in [5.74, 6) is -0.167. The van der Waals surface area contributed by atoms with Gasteiger partial charge in [-0.05, 0) is 74.9 Å². The fourth-order valence-corrected chi connectivity index (χ4v) is 3.63. The molecule has 0 heterocycles. The third kappa shape index (κ3) is 4.77. The molecule has 0 radical (unpaired) electrons. The molecule has 0 aromatic heterocycles. The first-order valence-electron chi connectivity index (χ1n) is 9.65. The third-order valence-electron chi connectivity index (χ3n) is 5.38. The van der Waals surface area contributed by atoms with Gasteiger partial charge in [-0.1, -0.05) is 18.2 Å². The zero-order valence-corrected chi connectivity index (χ0v) is 16.3. The lowest BCUT2D eigenvalue weighted by Gasteiger charge is -2.27. The number of nitriles is 1. The van der Waals surface area contributed by atoms with Crippen molar-refractivity contribution in [2.75, 3.05) is 10.6 Å². The van der Waals surface area contributed by atoms with E-state index >= 15 is 0 Å². The van der Waals surface area contributed by atoms with Crippen molar-refractivity contribution in [2.24, 2.45) is 11.8 Å². The SMILES string of the molecule is Cc1ccc(C)c(NC(=O)C2CCC(C(=O)Nc3cccc(C#N)c3)CC2)c1. The topological polar surface area (TPSA) is 82.0 Å². The van der Waals surface area contributed by atoms with Gasteiger partial charge in [-0.3, -0.25) is 9.59 Å². The molecule has 2 N–H and O–H groups in total. The number of anilines is 2. The summed E-state index contributed by atoms with van der Waals surface area (Å²) in [6, 6.07) is 15.0. The fraction of sp³-hybridized carbons (Fsp3) is 0.348. The number of amides is 2. The molecule has 144 valence electrons. The quantitative estimate of drug-likeness (QED) is 0.822. The second-order valence-electron chi connectivity index (χ2n) is 7.54.